The molecule has 3 aliphatic heterocycles. The molecule has 3 heterocycles. The Balaban J connectivity index is 2.25. The standard InChI is InChI=1S/C13H24NO5Si/c1-10(2)13(15)19-20-16-7-6-14(5,8-11(3)17-20)9-12(4)18-20/h11-12H,1,6-9H2,2-5H3/q+1. The third kappa shape index (κ3) is 3.47. The molecule has 0 aromatic heterocycles. The average Bonchev–Trinajstić information content (AvgIpc) is 2.23. The van der Waals surface area contributed by atoms with Crippen LogP contribution >= 0.6 is 0 Å². The number of fused-ring (bicyclic) bond motifs is 6. The molecule has 114 valence electrons. The van der Waals surface area contributed by atoms with Gasteiger partial charge in [-0.1, -0.05) is 6.58 Å². The number of likely N-dealkylation sites (N-methyl/N-ethyl adjacent to an activating group) is 1. The Labute approximate surface area is 121 Å². The van der Waals surface area contributed by atoms with Crippen molar-refractivity contribution in [3.05, 3.63) is 12.2 Å². The maximum atomic E-state index is 11.8. The normalized spacial score (nSPS) is 41.4. The molecule has 2 unspecified atom stereocenters. The molecule has 0 spiro atoms. The van der Waals surface area contributed by atoms with E-state index in [2.05, 4.69) is 13.6 Å². The highest BCUT2D eigenvalue weighted by atomic mass is 28.4. The van der Waals surface area contributed by atoms with Crippen LogP contribution in [-0.4, -0.2) is 65.0 Å². The van der Waals surface area contributed by atoms with Gasteiger partial charge < -0.3 is 22.2 Å². The molecular weight excluding hydrogens is 278 g/mol. The summed E-state index contributed by atoms with van der Waals surface area (Å²) in [5, 5.41) is 0. The zero-order valence-corrected chi connectivity index (χ0v) is 13.7. The zero-order chi connectivity index (χ0) is 15.0. The van der Waals surface area contributed by atoms with Crippen LogP contribution in [0.1, 0.15) is 20.8 Å². The summed E-state index contributed by atoms with van der Waals surface area (Å²) in [6, 6.07) is 0. The molecule has 2 atom stereocenters. The van der Waals surface area contributed by atoms with Crippen molar-refractivity contribution in [1.29, 1.82) is 0 Å². The molecule has 0 amide bonds. The van der Waals surface area contributed by atoms with E-state index in [1.165, 1.54) is 0 Å². The van der Waals surface area contributed by atoms with Gasteiger partial charge in [0.15, 0.2) is 0 Å². The van der Waals surface area contributed by atoms with Crippen LogP contribution in [0, 0.1) is 0 Å². The molecule has 0 saturated carbocycles. The summed E-state index contributed by atoms with van der Waals surface area (Å²) < 4.78 is 23.8. The van der Waals surface area contributed by atoms with Gasteiger partial charge in [-0.25, -0.2) is 4.79 Å². The topological polar surface area (TPSA) is 54.0 Å². The summed E-state index contributed by atoms with van der Waals surface area (Å²) in [6.45, 7) is 12.1. The zero-order valence-electron chi connectivity index (χ0n) is 12.7. The van der Waals surface area contributed by atoms with E-state index in [9.17, 15) is 4.79 Å². The van der Waals surface area contributed by atoms with Gasteiger partial charge in [0, 0.05) is 5.57 Å². The Bertz CT molecular complexity index is 400. The molecule has 0 aromatic rings. The minimum absolute atomic E-state index is 0.0858. The van der Waals surface area contributed by atoms with Crippen LogP contribution in [0.5, 0.6) is 0 Å². The number of carbonyl (C=O) groups excluding carboxylic acids is 1. The van der Waals surface area contributed by atoms with Crippen molar-refractivity contribution >= 4 is 15.0 Å². The Morgan fingerprint density at radius 1 is 1.30 bits per heavy atom. The first-order chi connectivity index (χ1) is 9.24. The predicted octanol–water partition coefficient (Wildman–Crippen LogP) is 0.842. The monoisotopic (exact) mass is 302 g/mol. The van der Waals surface area contributed by atoms with Crippen molar-refractivity contribution in [3.8, 4) is 0 Å². The molecule has 3 saturated heterocycles. The molecule has 2 bridgehead atoms. The first kappa shape index (κ1) is 15.7. The fraction of sp³-hybridized carbons (Fsp3) is 0.769. The lowest BCUT2D eigenvalue weighted by molar-refractivity contribution is -0.917. The Morgan fingerprint density at radius 2 is 1.85 bits per heavy atom. The van der Waals surface area contributed by atoms with E-state index in [0.29, 0.717) is 12.2 Å². The largest absolute Gasteiger partial charge is 0.753 e. The molecular formula is C13H24NO5Si+. The second kappa shape index (κ2) is 5.57. The van der Waals surface area contributed by atoms with Crippen LogP contribution in [-0.2, 0) is 22.5 Å². The maximum absolute atomic E-state index is 11.8. The average molecular weight is 302 g/mol. The third-order valence-electron chi connectivity index (χ3n) is 3.56. The van der Waals surface area contributed by atoms with Gasteiger partial charge in [-0.05, 0) is 20.8 Å². The highest BCUT2D eigenvalue weighted by Crippen LogP contribution is 2.26. The Morgan fingerprint density at radius 3 is 2.35 bits per heavy atom. The minimum Gasteiger partial charge on any atom is -0.448 e. The van der Waals surface area contributed by atoms with Crippen LogP contribution in [0.4, 0.5) is 0 Å². The minimum atomic E-state index is -3.43. The highest BCUT2D eigenvalue weighted by Gasteiger charge is 2.57. The van der Waals surface area contributed by atoms with E-state index < -0.39 is 15.0 Å². The number of quaternary nitrogens is 1. The van der Waals surface area contributed by atoms with Crippen molar-refractivity contribution in [2.45, 2.75) is 33.0 Å². The second-order valence-electron chi connectivity index (χ2n) is 6.08. The van der Waals surface area contributed by atoms with Crippen LogP contribution in [0.25, 0.3) is 0 Å². The fourth-order valence-electron chi connectivity index (χ4n) is 2.83. The van der Waals surface area contributed by atoms with E-state index in [4.69, 9.17) is 17.7 Å². The maximum Gasteiger partial charge on any atom is 0.753 e. The van der Waals surface area contributed by atoms with Gasteiger partial charge in [0.1, 0.15) is 19.6 Å². The van der Waals surface area contributed by atoms with E-state index in [1.807, 2.05) is 13.8 Å². The Kier molecular flexibility index (Phi) is 4.36. The van der Waals surface area contributed by atoms with E-state index in [0.717, 1.165) is 24.1 Å². The summed E-state index contributed by atoms with van der Waals surface area (Å²) in [7, 11) is -1.26. The van der Waals surface area contributed by atoms with Gasteiger partial charge in [0.25, 0.3) is 0 Å². The molecule has 7 heteroatoms. The van der Waals surface area contributed by atoms with Gasteiger partial charge in [0.2, 0.25) is 0 Å². The molecule has 0 aliphatic carbocycles. The number of rotatable bonds is 2. The molecule has 0 N–H and O–H groups in total. The SMILES string of the molecule is C=C(C)C(=O)O[Si]12OCC[N+](C)(CC(C)O1)CC(C)O2. The quantitative estimate of drug-likeness (QED) is 0.430. The van der Waals surface area contributed by atoms with Crippen molar-refractivity contribution < 1.29 is 27.0 Å². The lowest BCUT2D eigenvalue weighted by Gasteiger charge is -2.45. The van der Waals surface area contributed by atoms with E-state index in [1.54, 1.807) is 6.92 Å². The van der Waals surface area contributed by atoms with Crippen LogP contribution in [0.15, 0.2) is 12.2 Å². The van der Waals surface area contributed by atoms with Crippen LogP contribution in [0.2, 0.25) is 0 Å². The van der Waals surface area contributed by atoms with Gasteiger partial charge >= 0.3 is 15.0 Å². The summed E-state index contributed by atoms with van der Waals surface area (Å²) in [5.41, 5.74) is 0.313. The third-order valence-corrected chi connectivity index (χ3v) is 5.94. The molecule has 20 heavy (non-hydrogen) atoms. The molecule has 0 radical (unpaired) electrons. The lowest BCUT2D eigenvalue weighted by Crippen LogP contribution is -2.66. The Hall–Kier alpha value is -0.733. The molecule has 3 rings (SSSR count). The number of nitrogens with zero attached hydrogens (tertiary/aromatic N) is 1. The summed E-state index contributed by atoms with van der Waals surface area (Å²) in [5.74, 6) is -0.519. The number of hydrogen-bond donors (Lipinski definition) is 0. The first-order valence-corrected chi connectivity index (χ1v) is 8.59. The van der Waals surface area contributed by atoms with Gasteiger partial charge in [-0.2, -0.15) is 0 Å². The van der Waals surface area contributed by atoms with E-state index >= 15 is 0 Å². The lowest BCUT2D eigenvalue weighted by atomic mass is 10.2. The fourth-order valence-corrected chi connectivity index (χ4v) is 5.05. The number of hydrogen-bond acceptors (Lipinski definition) is 5. The van der Waals surface area contributed by atoms with Gasteiger partial charge in [-0.15, -0.1) is 0 Å². The molecule has 3 aliphatic rings. The molecule has 3 fully saturated rings. The summed E-state index contributed by atoms with van der Waals surface area (Å²) in [6.07, 6.45) is -0.172. The van der Waals surface area contributed by atoms with Crippen molar-refractivity contribution in [3.63, 3.8) is 0 Å². The second-order valence-corrected chi connectivity index (χ2v) is 8.05. The van der Waals surface area contributed by atoms with Crippen LogP contribution in [0.3, 0.4) is 0 Å². The summed E-state index contributed by atoms with van der Waals surface area (Å²) >= 11 is 0. The van der Waals surface area contributed by atoms with Crippen molar-refractivity contribution in [2.24, 2.45) is 0 Å². The van der Waals surface area contributed by atoms with Crippen LogP contribution < -0.4 is 0 Å². The van der Waals surface area contributed by atoms with E-state index in [-0.39, 0.29) is 12.2 Å². The first-order valence-electron chi connectivity index (χ1n) is 6.96. The molecule has 6 nitrogen and oxygen atoms in total. The summed E-state index contributed by atoms with van der Waals surface area (Å²) in [4.78, 5) is 11.8. The molecule has 0 aromatic carbocycles. The van der Waals surface area contributed by atoms with Gasteiger partial charge in [0.05, 0.1) is 25.9 Å². The van der Waals surface area contributed by atoms with Crippen molar-refractivity contribution in [2.75, 3.05) is 33.3 Å². The number of carbonyl (C=O) groups is 1. The predicted molar refractivity (Wildman–Crippen MR) is 74.5 cm³/mol. The smallest absolute Gasteiger partial charge is 0.448 e. The van der Waals surface area contributed by atoms with Crippen molar-refractivity contribution in [1.82, 2.24) is 0 Å². The highest BCUT2D eigenvalue weighted by molar-refractivity contribution is 6.56. The van der Waals surface area contributed by atoms with Gasteiger partial charge in [-0.3, -0.25) is 0 Å².